The number of hydrogen-bond donors (Lipinski definition) is 0. The Balaban J connectivity index is 2.63. The third kappa shape index (κ3) is 2.63. The molecule has 4 nitrogen and oxygen atoms in total. The molecule has 0 saturated heterocycles. The first-order valence-corrected chi connectivity index (χ1v) is 8.55. The molecule has 0 aliphatic heterocycles. The Morgan fingerprint density at radius 2 is 2.16 bits per heavy atom. The molecule has 0 aromatic carbocycles. The summed E-state index contributed by atoms with van der Waals surface area (Å²) in [6, 6.07) is 0.402. The zero-order chi connectivity index (χ0) is 14.0. The fourth-order valence-corrected chi connectivity index (χ4v) is 3.30. The van der Waals surface area contributed by atoms with Crippen molar-refractivity contribution in [2.75, 3.05) is 17.9 Å². The maximum absolute atomic E-state index is 5.92. The highest BCUT2D eigenvalue weighted by Gasteiger charge is 2.20. The average molecular weight is 301 g/mol. The van der Waals surface area contributed by atoms with Gasteiger partial charge in [-0.25, -0.2) is 9.67 Å². The molecule has 0 radical (unpaired) electrons. The highest BCUT2D eigenvalue weighted by Crippen LogP contribution is 2.25. The van der Waals surface area contributed by atoms with E-state index in [0.717, 1.165) is 41.4 Å². The molecule has 0 fully saturated rings. The maximum atomic E-state index is 5.92. The molecular formula is C13H21ClN4S. The Morgan fingerprint density at radius 1 is 1.42 bits per heavy atom. The summed E-state index contributed by atoms with van der Waals surface area (Å²) >= 11 is 7.77. The van der Waals surface area contributed by atoms with E-state index in [4.69, 9.17) is 16.6 Å². The molecule has 0 amide bonds. The van der Waals surface area contributed by atoms with Crippen LogP contribution < -0.4 is 0 Å². The average Bonchev–Trinajstić information content (AvgIpc) is 2.88. The van der Waals surface area contributed by atoms with E-state index in [-0.39, 0.29) is 0 Å². The number of nitrogens with zero attached hydrogens (tertiary/aromatic N) is 4. The van der Waals surface area contributed by atoms with Gasteiger partial charge in [0.15, 0.2) is 5.65 Å². The minimum atomic E-state index is 0.402. The summed E-state index contributed by atoms with van der Waals surface area (Å²) in [5.74, 6) is 2.74. The number of aromatic nitrogens is 4. The smallest absolute Gasteiger partial charge is 0.159 e. The van der Waals surface area contributed by atoms with Crippen molar-refractivity contribution in [1.82, 2.24) is 19.3 Å². The van der Waals surface area contributed by atoms with E-state index in [2.05, 4.69) is 29.8 Å². The van der Waals surface area contributed by atoms with Gasteiger partial charge in [0.1, 0.15) is 11.3 Å². The Morgan fingerprint density at radius 3 is 2.74 bits per heavy atom. The van der Waals surface area contributed by atoms with Crippen LogP contribution in [0.2, 0.25) is 0 Å². The van der Waals surface area contributed by atoms with Gasteiger partial charge in [0.25, 0.3) is 0 Å². The molecule has 1 unspecified atom stereocenters. The van der Waals surface area contributed by atoms with Crippen LogP contribution in [0.15, 0.2) is 0 Å². The van der Waals surface area contributed by atoms with Gasteiger partial charge in [-0.1, -0.05) is 0 Å². The van der Waals surface area contributed by atoms with E-state index in [1.54, 1.807) is 0 Å². The van der Waals surface area contributed by atoms with Gasteiger partial charge in [-0.3, -0.25) is 0 Å². The SMILES string of the molecule is CCn1nc(C)c2nc(CCCl)n(C(C)CSC)c21. The van der Waals surface area contributed by atoms with Gasteiger partial charge in [-0.2, -0.15) is 16.9 Å². The second-order valence-electron chi connectivity index (χ2n) is 4.71. The van der Waals surface area contributed by atoms with Crippen molar-refractivity contribution in [3.05, 3.63) is 11.5 Å². The molecule has 0 aliphatic carbocycles. The molecule has 0 spiro atoms. The van der Waals surface area contributed by atoms with Gasteiger partial charge in [-0.05, 0) is 27.0 Å². The van der Waals surface area contributed by atoms with Gasteiger partial charge in [-0.15, -0.1) is 11.6 Å². The molecular weight excluding hydrogens is 280 g/mol. The Bertz CT molecular complexity index is 560. The third-order valence-electron chi connectivity index (χ3n) is 3.28. The highest BCUT2D eigenvalue weighted by molar-refractivity contribution is 7.98. The summed E-state index contributed by atoms with van der Waals surface area (Å²) in [6.45, 7) is 7.24. The van der Waals surface area contributed by atoms with Gasteiger partial charge in [0, 0.05) is 30.6 Å². The van der Waals surface area contributed by atoms with Crippen molar-refractivity contribution in [3.8, 4) is 0 Å². The second-order valence-corrected chi connectivity index (χ2v) is 6.00. The molecule has 0 saturated carbocycles. The Labute approximate surface area is 123 Å². The quantitative estimate of drug-likeness (QED) is 0.768. The second kappa shape index (κ2) is 6.18. The van der Waals surface area contributed by atoms with Crippen molar-refractivity contribution in [3.63, 3.8) is 0 Å². The van der Waals surface area contributed by atoms with Gasteiger partial charge in [0.2, 0.25) is 0 Å². The summed E-state index contributed by atoms with van der Waals surface area (Å²) in [4.78, 5) is 4.76. The van der Waals surface area contributed by atoms with E-state index in [0.29, 0.717) is 11.9 Å². The Kier molecular flexibility index (Phi) is 4.79. The number of fused-ring (bicyclic) bond motifs is 1. The predicted molar refractivity (Wildman–Crippen MR) is 83.4 cm³/mol. The first kappa shape index (κ1) is 14.7. The molecule has 0 N–H and O–H groups in total. The van der Waals surface area contributed by atoms with Crippen LogP contribution in [0.4, 0.5) is 0 Å². The number of halogens is 1. The topological polar surface area (TPSA) is 35.6 Å². The molecule has 0 bridgehead atoms. The first-order valence-electron chi connectivity index (χ1n) is 6.63. The van der Waals surface area contributed by atoms with Crippen LogP contribution in [0.1, 0.15) is 31.4 Å². The van der Waals surface area contributed by atoms with Crippen molar-refractivity contribution in [1.29, 1.82) is 0 Å². The van der Waals surface area contributed by atoms with E-state index in [1.165, 1.54) is 0 Å². The lowest BCUT2D eigenvalue weighted by Gasteiger charge is -2.17. The number of thioether (sulfide) groups is 1. The summed E-state index contributed by atoms with van der Waals surface area (Å²) in [7, 11) is 0. The Hall–Kier alpha value is -0.680. The molecule has 6 heteroatoms. The number of aryl methyl sites for hydroxylation is 3. The van der Waals surface area contributed by atoms with Crippen molar-refractivity contribution < 1.29 is 0 Å². The highest BCUT2D eigenvalue weighted by atomic mass is 35.5. The van der Waals surface area contributed by atoms with Crippen LogP contribution in [-0.2, 0) is 13.0 Å². The summed E-state index contributed by atoms with van der Waals surface area (Å²) in [6.07, 6.45) is 2.94. The predicted octanol–water partition coefficient (Wildman–Crippen LogP) is 3.27. The number of alkyl halides is 1. The third-order valence-corrected chi connectivity index (χ3v) is 4.29. The lowest BCUT2D eigenvalue weighted by Crippen LogP contribution is -2.15. The molecule has 2 heterocycles. The summed E-state index contributed by atoms with van der Waals surface area (Å²) in [5, 5.41) is 4.57. The molecule has 2 aromatic heterocycles. The van der Waals surface area contributed by atoms with Crippen molar-refractivity contribution in [2.45, 2.75) is 39.8 Å². The minimum absolute atomic E-state index is 0.402. The fraction of sp³-hybridized carbons (Fsp3) is 0.692. The largest absolute Gasteiger partial charge is 0.309 e. The fourth-order valence-electron chi connectivity index (χ4n) is 2.49. The standard InChI is InChI=1S/C13H21ClN4S/c1-5-17-13-12(10(3)16-17)15-11(6-7-14)18(13)9(2)8-19-4/h9H,5-8H2,1-4H3. The van der Waals surface area contributed by atoms with Crippen molar-refractivity contribution >= 4 is 34.5 Å². The van der Waals surface area contributed by atoms with Crippen LogP contribution in [-0.4, -0.2) is 37.2 Å². The lowest BCUT2D eigenvalue weighted by atomic mass is 10.3. The van der Waals surface area contributed by atoms with Gasteiger partial charge >= 0.3 is 0 Å². The van der Waals surface area contributed by atoms with Crippen molar-refractivity contribution in [2.24, 2.45) is 0 Å². The van der Waals surface area contributed by atoms with Crippen LogP contribution in [0, 0.1) is 6.92 Å². The zero-order valence-electron chi connectivity index (χ0n) is 12.0. The summed E-state index contributed by atoms with van der Waals surface area (Å²) in [5.41, 5.74) is 3.17. The van der Waals surface area contributed by atoms with E-state index in [9.17, 15) is 0 Å². The van der Waals surface area contributed by atoms with Crippen LogP contribution in [0.25, 0.3) is 11.2 Å². The number of hydrogen-bond acceptors (Lipinski definition) is 3. The van der Waals surface area contributed by atoms with Crippen LogP contribution in [0.3, 0.4) is 0 Å². The molecule has 1 atom stereocenters. The molecule has 2 rings (SSSR count). The van der Waals surface area contributed by atoms with Crippen LogP contribution >= 0.6 is 23.4 Å². The normalized spacial score (nSPS) is 13.3. The molecule has 19 heavy (non-hydrogen) atoms. The monoisotopic (exact) mass is 300 g/mol. The molecule has 2 aromatic rings. The lowest BCUT2D eigenvalue weighted by molar-refractivity contribution is 0.563. The number of imidazole rings is 1. The molecule has 0 aliphatic rings. The maximum Gasteiger partial charge on any atom is 0.159 e. The van der Waals surface area contributed by atoms with E-state index >= 15 is 0 Å². The van der Waals surface area contributed by atoms with Gasteiger partial charge in [0.05, 0.1) is 5.69 Å². The van der Waals surface area contributed by atoms with Crippen LogP contribution in [0.5, 0.6) is 0 Å². The minimum Gasteiger partial charge on any atom is -0.309 e. The van der Waals surface area contributed by atoms with Gasteiger partial charge < -0.3 is 4.57 Å². The van der Waals surface area contributed by atoms with E-state index in [1.807, 2.05) is 23.4 Å². The molecule has 106 valence electrons. The number of rotatable bonds is 6. The summed E-state index contributed by atoms with van der Waals surface area (Å²) < 4.78 is 4.37. The first-order chi connectivity index (χ1) is 9.13. The van der Waals surface area contributed by atoms with E-state index < -0.39 is 0 Å². The zero-order valence-corrected chi connectivity index (χ0v) is 13.6.